The monoisotopic (exact) mass is 273 g/mol. The third-order valence-electron chi connectivity index (χ3n) is 3.07. The van der Waals surface area contributed by atoms with Crippen LogP contribution in [0.3, 0.4) is 0 Å². The molecule has 106 valence electrons. The number of pyridine rings is 1. The van der Waals surface area contributed by atoms with Crippen molar-refractivity contribution in [1.29, 1.82) is 0 Å². The smallest absolute Gasteiger partial charge is 0.227 e. The van der Waals surface area contributed by atoms with Gasteiger partial charge in [0.1, 0.15) is 12.1 Å². The van der Waals surface area contributed by atoms with Crippen molar-refractivity contribution in [3.8, 4) is 5.82 Å². The third kappa shape index (κ3) is 3.64. The first-order valence-corrected chi connectivity index (χ1v) is 6.66. The van der Waals surface area contributed by atoms with E-state index < -0.39 is 0 Å². The van der Waals surface area contributed by atoms with Crippen molar-refractivity contribution in [2.45, 2.75) is 19.8 Å². The predicted octanol–water partition coefficient (Wildman–Crippen LogP) is 1.58. The Hall–Kier alpha value is -2.21. The van der Waals surface area contributed by atoms with Gasteiger partial charge in [-0.2, -0.15) is 0 Å². The van der Waals surface area contributed by atoms with Crippen LogP contribution in [0.1, 0.15) is 19.8 Å². The van der Waals surface area contributed by atoms with E-state index >= 15 is 0 Å². The maximum absolute atomic E-state index is 11.9. The number of imidazole rings is 1. The Bertz CT molecular complexity index is 535. The predicted molar refractivity (Wildman–Crippen MR) is 77.4 cm³/mol. The molecule has 0 saturated carbocycles. The Balaban J connectivity index is 1.95. The SMILES string of the molecule is CC(CCCN)C(=O)Nc1ccc(-n2ccnc2)nc1. The number of carbonyl (C=O) groups excluding carboxylic acids is 1. The van der Waals surface area contributed by atoms with E-state index in [0.29, 0.717) is 12.2 Å². The minimum atomic E-state index is -0.0492. The van der Waals surface area contributed by atoms with Gasteiger partial charge in [0.05, 0.1) is 11.9 Å². The molecule has 0 spiro atoms. The van der Waals surface area contributed by atoms with Crippen LogP contribution >= 0.6 is 0 Å². The van der Waals surface area contributed by atoms with E-state index in [1.54, 1.807) is 23.3 Å². The number of nitrogens with two attached hydrogens (primary N) is 1. The standard InChI is InChI=1S/C14H19N5O/c1-11(3-2-6-15)14(20)18-12-4-5-13(17-9-12)19-8-7-16-10-19/h4-5,7-11H,2-3,6,15H2,1H3,(H,18,20). The maximum Gasteiger partial charge on any atom is 0.227 e. The maximum atomic E-state index is 11.9. The van der Waals surface area contributed by atoms with E-state index in [-0.39, 0.29) is 11.8 Å². The lowest BCUT2D eigenvalue weighted by Crippen LogP contribution is -2.21. The number of nitrogens with one attached hydrogen (secondary N) is 1. The molecule has 0 aromatic carbocycles. The Kier molecular flexibility index (Phi) is 4.84. The van der Waals surface area contributed by atoms with Gasteiger partial charge >= 0.3 is 0 Å². The second kappa shape index (κ2) is 6.81. The van der Waals surface area contributed by atoms with Crippen molar-refractivity contribution in [2.75, 3.05) is 11.9 Å². The number of carbonyl (C=O) groups is 1. The number of aromatic nitrogens is 3. The average molecular weight is 273 g/mol. The lowest BCUT2D eigenvalue weighted by atomic mass is 10.0. The Morgan fingerprint density at radius 1 is 1.50 bits per heavy atom. The van der Waals surface area contributed by atoms with Crippen LogP contribution in [0.4, 0.5) is 5.69 Å². The van der Waals surface area contributed by atoms with E-state index in [9.17, 15) is 4.79 Å². The topological polar surface area (TPSA) is 85.8 Å². The molecule has 0 aliphatic carbocycles. The first-order valence-electron chi connectivity index (χ1n) is 6.66. The minimum Gasteiger partial charge on any atom is -0.330 e. The van der Waals surface area contributed by atoms with Crippen molar-refractivity contribution in [1.82, 2.24) is 14.5 Å². The summed E-state index contributed by atoms with van der Waals surface area (Å²) in [6, 6.07) is 3.66. The molecule has 1 amide bonds. The zero-order valence-corrected chi connectivity index (χ0v) is 11.5. The van der Waals surface area contributed by atoms with Crippen LogP contribution in [-0.4, -0.2) is 27.0 Å². The highest BCUT2D eigenvalue weighted by atomic mass is 16.1. The molecule has 1 unspecified atom stereocenters. The van der Waals surface area contributed by atoms with Gasteiger partial charge in [-0.1, -0.05) is 6.92 Å². The van der Waals surface area contributed by atoms with Gasteiger partial charge in [-0.15, -0.1) is 0 Å². The Morgan fingerprint density at radius 3 is 2.95 bits per heavy atom. The van der Waals surface area contributed by atoms with Gasteiger partial charge in [-0.05, 0) is 31.5 Å². The molecular weight excluding hydrogens is 254 g/mol. The summed E-state index contributed by atoms with van der Waals surface area (Å²) in [6.45, 7) is 2.51. The summed E-state index contributed by atoms with van der Waals surface area (Å²) in [6.07, 6.45) is 8.47. The molecule has 0 radical (unpaired) electrons. The second-order valence-electron chi connectivity index (χ2n) is 4.70. The van der Waals surface area contributed by atoms with Crippen LogP contribution < -0.4 is 11.1 Å². The molecule has 2 heterocycles. The first kappa shape index (κ1) is 14.2. The average Bonchev–Trinajstić information content (AvgIpc) is 2.99. The van der Waals surface area contributed by atoms with Gasteiger partial charge in [0.25, 0.3) is 0 Å². The molecule has 0 fully saturated rings. The number of hydrogen-bond acceptors (Lipinski definition) is 4. The van der Waals surface area contributed by atoms with Crippen molar-refractivity contribution in [3.05, 3.63) is 37.1 Å². The van der Waals surface area contributed by atoms with E-state index in [0.717, 1.165) is 18.7 Å². The fraction of sp³-hybridized carbons (Fsp3) is 0.357. The number of rotatable bonds is 6. The van der Waals surface area contributed by atoms with E-state index in [2.05, 4.69) is 15.3 Å². The molecular formula is C14H19N5O. The summed E-state index contributed by atoms with van der Waals surface area (Å²) >= 11 is 0. The second-order valence-corrected chi connectivity index (χ2v) is 4.70. The van der Waals surface area contributed by atoms with Crippen molar-refractivity contribution >= 4 is 11.6 Å². The largest absolute Gasteiger partial charge is 0.330 e. The number of amides is 1. The summed E-state index contributed by atoms with van der Waals surface area (Å²) in [7, 11) is 0. The summed E-state index contributed by atoms with van der Waals surface area (Å²) < 4.78 is 1.80. The molecule has 20 heavy (non-hydrogen) atoms. The quantitative estimate of drug-likeness (QED) is 0.836. The van der Waals surface area contributed by atoms with Crippen molar-refractivity contribution in [3.63, 3.8) is 0 Å². The van der Waals surface area contributed by atoms with Gasteiger partial charge < -0.3 is 11.1 Å². The van der Waals surface area contributed by atoms with Crippen LogP contribution in [0, 0.1) is 5.92 Å². The molecule has 0 saturated heterocycles. The van der Waals surface area contributed by atoms with Gasteiger partial charge in [0.15, 0.2) is 0 Å². The highest BCUT2D eigenvalue weighted by Crippen LogP contribution is 2.12. The minimum absolute atomic E-state index is 0.00405. The highest BCUT2D eigenvalue weighted by molar-refractivity contribution is 5.92. The molecule has 1 atom stereocenters. The fourth-order valence-corrected chi connectivity index (χ4v) is 1.83. The highest BCUT2D eigenvalue weighted by Gasteiger charge is 2.12. The van der Waals surface area contributed by atoms with Crippen LogP contribution in [0.5, 0.6) is 0 Å². The zero-order valence-electron chi connectivity index (χ0n) is 11.5. The lowest BCUT2D eigenvalue weighted by molar-refractivity contribution is -0.119. The Labute approximate surface area is 118 Å². The fourth-order valence-electron chi connectivity index (χ4n) is 1.83. The number of anilines is 1. The van der Waals surface area contributed by atoms with Gasteiger partial charge in [0, 0.05) is 18.3 Å². The molecule has 2 aromatic rings. The van der Waals surface area contributed by atoms with Crippen LogP contribution in [0.25, 0.3) is 5.82 Å². The summed E-state index contributed by atoms with van der Waals surface area (Å²) in [5.74, 6) is 0.708. The first-order chi connectivity index (χ1) is 9.70. The number of nitrogens with zero attached hydrogens (tertiary/aromatic N) is 3. The molecule has 0 aliphatic rings. The molecule has 2 aromatic heterocycles. The molecule has 0 aliphatic heterocycles. The van der Waals surface area contributed by atoms with Crippen LogP contribution in [0.2, 0.25) is 0 Å². The molecule has 6 nitrogen and oxygen atoms in total. The zero-order chi connectivity index (χ0) is 14.4. The molecule has 2 rings (SSSR count). The van der Waals surface area contributed by atoms with E-state index in [1.807, 2.05) is 25.3 Å². The van der Waals surface area contributed by atoms with Crippen molar-refractivity contribution in [2.24, 2.45) is 11.7 Å². The summed E-state index contributed by atoms with van der Waals surface area (Å²) in [5, 5.41) is 2.86. The Morgan fingerprint density at radius 2 is 2.35 bits per heavy atom. The van der Waals surface area contributed by atoms with Crippen LogP contribution in [0.15, 0.2) is 37.1 Å². The van der Waals surface area contributed by atoms with Gasteiger partial charge in [-0.25, -0.2) is 9.97 Å². The van der Waals surface area contributed by atoms with Crippen molar-refractivity contribution < 1.29 is 4.79 Å². The summed E-state index contributed by atoms with van der Waals surface area (Å²) in [5.41, 5.74) is 6.14. The van der Waals surface area contributed by atoms with Gasteiger partial charge in [0.2, 0.25) is 5.91 Å². The molecule has 3 N–H and O–H groups in total. The lowest BCUT2D eigenvalue weighted by Gasteiger charge is -2.11. The summed E-state index contributed by atoms with van der Waals surface area (Å²) in [4.78, 5) is 20.2. The van der Waals surface area contributed by atoms with E-state index in [4.69, 9.17) is 5.73 Å². The molecule has 6 heteroatoms. The number of hydrogen-bond donors (Lipinski definition) is 2. The van der Waals surface area contributed by atoms with Gasteiger partial charge in [-0.3, -0.25) is 9.36 Å². The van der Waals surface area contributed by atoms with E-state index in [1.165, 1.54) is 0 Å². The normalized spacial score (nSPS) is 12.1. The van der Waals surface area contributed by atoms with Crippen LogP contribution in [-0.2, 0) is 4.79 Å². The third-order valence-corrected chi connectivity index (χ3v) is 3.07. The molecule has 0 bridgehead atoms.